The SMILES string of the molecule is Cc1ccc(C[C@H]2S/C(=C(\C#N)C(=O)NCc3ccccc3)N(c3ccccc3)C2=O)cc1C. The second-order valence-electron chi connectivity index (χ2n) is 8.20. The minimum absolute atomic E-state index is 0.0549. The number of carbonyl (C=O) groups excluding carboxylic acids is 2. The van der Waals surface area contributed by atoms with E-state index in [9.17, 15) is 14.9 Å². The highest BCUT2D eigenvalue weighted by Gasteiger charge is 2.40. The Bertz CT molecular complexity index is 1280. The molecule has 3 aromatic rings. The Morgan fingerprint density at radius 2 is 1.65 bits per heavy atom. The first-order chi connectivity index (χ1) is 16.5. The standard InChI is InChI=1S/C28H25N3O2S/c1-19-13-14-22(15-20(19)2)16-25-27(33)31(23-11-7-4-8-12-23)28(34-25)24(17-29)26(32)30-18-21-9-5-3-6-10-21/h3-15,25H,16,18H2,1-2H3,(H,30,32)/b28-24+/t25-/m1/s1. The number of benzene rings is 3. The van der Waals surface area contributed by atoms with Crippen LogP contribution in [0.2, 0.25) is 0 Å². The van der Waals surface area contributed by atoms with Crippen molar-refractivity contribution in [3.8, 4) is 6.07 Å². The molecule has 0 radical (unpaired) electrons. The molecule has 0 bridgehead atoms. The Labute approximate surface area is 204 Å². The highest BCUT2D eigenvalue weighted by atomic mass is 32.2. The molecule has 5 nitrogen and oxygen atoms in total. The van der Waals surface area contributed by atoms with Gasteiger partial charge >= 0.3 is 0 Å². The number of para-hydroxylation sites is 1. The smallest absolute Gasteiger partial charge is 0.264 e. The summed E-state index contributed by atoms with van der Waals surface area (Å²) in [6, 6.07) is 26.9. The zero-order valence-corrected chi connectivity index (χ0v) is 19.9. The average molecular weight is 468 g/mol. The zero-order chi connectivity index (χ0) is 24.1. The highest BCUT2D eigenvalue weighted by molar-refractivity contribution is 8.05. The Morgan fingerprint density at radius 3 is 2.29 bits per heavy atom. The monoisotopic (exact) mass is 467 g/mol. The van der Waals surface area contributed by atoms with E-state index >= 15 is 0 Å². The van der Waals surface area contributed by atoms with E-state index in [1.165, 1.54) is 27.8 Å². The van der Waals surface area contributed by atoms with Crippen LogP contribution in [0.25, 0.3) is 0 Å². The fraction of sp³-hybridized carbons (Fsp3) is 0.179. The molecule has 0 saturated carbocycles. The molecule has 0 spiro atoms. The van der Waals surface area contributed by atoms with Crippen molar-refractivity contribution in [2.75, 3.05) is 4.90 Å². The van der Waals surface area contributed by atoms with Gasteiger partial charge in [-0.1, -0.05) is 78.5 Å². The van der Waals surface area contributed by atoms with Crippen LogP contribution in [0.1, 0.15) is 22.3 Å². The Morgan fingerprint density at radius 1 is 0.971 bits per heavy atom. The maximum absolute atomic E-state index is 13.5. The third kappa shape index (κ3) is 5.05. The summed E-state index contributed by atoms with van der Waals surface area (Å²) < 4.78 is 0. The molecule has 0 aliphatic carbocycles. The fourth-order valence-electron chi connectivity index (χ4n) is 3.81. The number of nitrogens with one attached hydrogen (secondary N) is 1. The topological polar surface area (TPSA) is 73.2 Å². The number of anilines is 1. The van der Waals surface area contributed by atoms with E-state index in [-0.39, 0.29) is 11.5 Å². The maximum atomic E-state index is 13.5. The van der Waals surface area contributed by atoms with Crippen molar-refractivity contribution >= 4 is 29.3 Å². The summed E-state index contributed by atoms with van der Waals surface area (Å²) in [6.45, 7) is 4.41. The first-order valence-electron chi connectivity index (χ1n) is 11.1. The zero-order valence-electron chi connectivity index (χ0n) is 19.1. The lowest BCUT2D eigenvalue weighted by molar-refractivity contribution is -0.117. The van der Waals surface area contributed by atoms with Crippen molar-refractivity contribution in [2.45, 2.75) is 32.1 Å². The Hall–Kier alpha value is -3.82. The van der Waals surface area contributed by atoms with Crippen LogP contribution in [-0.4, -0.2) is 17.1 Å². The van der Waals surface area contributed by atoms with Crippen molar-refractivity contribution < 1.29 is 9.59 Å². The molecule has 1 aliphatic heterocycles. The number of thioether (sulfide) groups is 1. The molecule has 3 aromatic carbocycles. The van der Waals surface area contributed by atoms with Crippen LogP contribution in [-0.2, 0) is 22.6 Å². The van der Waals surface area contributed by atoms with Gasteiger partial charge in [0.1, 0.15) is 16.7 Å². The molecule has 6 heteroatoms. The summed E-state index contributed by atoms with van der Waals surface area (Å²) in [5.74, 6) is -0.623. The number of nitrogens with zero attached hydrogens (tertiary/aromatic N) is 2. The number of rotatable bonds is 6. The number of amides is 2. The Kier molecular flexibility index (Phi) is 7.15. The first-order valence-corrected chi connectivity index (χ1v) is 11.9. The van der Waals surface area contributed by atoms with E-state index in [2.05, 4.69) is 37.4 Å². The van der Waals surface area contributed by atoms with Gasteiger partial charge in [0.15, 0.2) is 0 Å². The lowest BCUT2D eigenvalue weighted by Gasteiger charge is -2.18. The van der Waals surface area contributed by atoms with Crippen LogP contribution < -0.4 is 10.2 Å². The number of hydrogen-bond donors (Lipinski definition) is 1. The molecule has 1 heterocycles. The largest absolute Gasteiger partial charge is 0.347 e. The Balaban J connectivity index is 1.66. The quantitative estimate of drug-likeness (QED) is 0.407. The molecule has 0 unspecified atom stereocenters. The normalized spacial score (nSPS) is 16.8. The number of hydrogen-bond acceptors (Lipinski definition) is 4. The molecule has 1 aliphatic rings. The predicted octanol–water partition coefficient (Wildman–Crippen LogP) is 5.05. The van der Waals surface area contributed by atoms with Crippen molar-refractivity contribution in [1.82, 2.24) is 5.32 Å². The second-order valence-corrected chi connectivity index (χ2v) is 9.39. The predicted molar refractivity (Wildman–Crippen MR) is 136 cm³/mol. The molecular formula is C28H25N3O2S. The first kappa shape index (κ1) is 23.3. The van der Waals surface area contributed by atoms with Crippen LogP contribution in [0.5, 0.6) is 0 Å². The molecule has 2 amide bonds. The van der Waals surface area contributed by atoms with Crippen LogP contribution in [0, 0.1) is 25.2 Å². The summed E-state index contributed by atoms with van der Waals surface area (Å²) in [4.78, 5) is 28.1. The van der Waals surface area contributed by atoms with E-state index in [4.69, 9.17) is 0 Å². The van der Waals surface area contributed by atoms with Gasteiger partial charge in [0.05, 0.1) is 5.25 Å². The van der Waals surface area contributed by atoms with Gasteiger partial charge in [-0.2, -0.15) is 5.26 Å². The molecular weight excluding hydrogens is 442 g/mol. The molecule has 0 aromatic heterocycles. The van der Waals surface area contributed by atoms with Gasteiger partial charge in [0, 0.05) is 12.2 Å². The van der Waals surface area contributed by atoms with Gasteiger partial charge in [-0.25, -0.2) is 0 Å². The van der Waals surface area contributed by atoms with Gasteiger partial charge in [0.25, 0.3) is 5.91 Å². The number of carbonyl (C=O) groups is 2. The molecule has 170 valence electrons. The van der Waals surface area contributed by atoms with Crippen LogP contribution in [0.15, 0.2) is 89.5 Å². The van der Waals surface area contributed by atoms with Crippen LogP contribution >= 0.6 is 11.8 Å². The number of aryl methyl sites for hydroxylation is 2. The maximum Gasteiger partial charge on any atom is 0.264 e. The minimum atomic E-state index is -0.491. The highest BCUT2D eigenvalue weighted by Crippen LogP contribution is 2.41. The third-order valence-electron chi connectivity index (χ3n) is 5.81. The van der Waals surface area contributed by atoms with Crippen molar-refractivity contribution in [3.05, 3.63) is 112 Å². The van der Waals surface area contributed by atoms with E-state index in [0.29, 0.717) is 23.7 Å². The molecule has 1 fully saturated rings. The summed E-state index contributed by atoms with van der Waals surface area (Å²) in [7, 11) is 0. The van der Waals surface area contributed by atoms with Gasteiger partial charge in [-0.05, 0) is 54.7 Å². The summed E-state index contributed by atoms with van der Waals surface area (Å²) in [5.41, 5.74) is 4.93. The van der Waals surface area contributed by atoms with E-state index in [1.807, 2.05) is 66.7 Å². The summed E-state index contributed by atoms with van der Waals surface area (Å²) in [5, 5.41) is 12.7. The second kappa shape index (κ2) is 10.4. The van der Waals surface area contributed by atoms with E-state index < -0.39 is 11.2 Å². The minimum Gasteiger partial charge on any atom is -0.347 e. The molecule has 4 rings (SSSR count). The summed E-state index contributed by atoms with van der Waals surface area (Å²) in [6.07, 6.45) is 0.516. The molecule has 1 N–H and O–H groups in total. The lowest BCUT2D eigenvalue weighted by Crippen LogP contribution is -2.32. The molecule has 1 atom stereocenters. The van der Waals surface area contributed by atoms with Gasteiger partial charge < -0.3 is 5.32 Å². The van der Waals surface area contributed by atoms with E-state index in [0.717, 1.165) is 11.1 Å². The van der Waals surface area contributed by atoms with Gasteiger partial charge in [-0.15, -0.1) is 0 Å². The lowest BCUT2D eigenvalue weighted by atomic mass is 10.0. The molecule has 34 heavy (non-hydrogen) atoms. The van der Waals surface area contributed by atoms with Crippen LogP contribution in [0.4, 0.5) is 5.69 Å². The van der Waals surface area contributed by atoms with Crippen molar-refractivity contribution in [3.63, 3.8) is 0 Å². The van der Waals surface area contributed by atoms with Crippen molar-refractivity contribution in [1.29, 1.82) is 5.26 Å². The number of nitriles is 1. The van der Waals surface area contributed by atoms with Gasteiger partial charge in [0.2, 0.25) is 5.91 Å². The van der Waals surface area contributed by atoms with Crippen molar-refractivity contribution in [2.24, 2.45) is 0 Å². The van der Waals surface area contributed by atoms with E-state index in [1.54, 1.807) is 0 Å². The average Bonchev–Trinajstić information content (AvgIpc) is 3.17. The third-order valence-corrected chi connectivity index (χ3v) is 7.07. The molecule has 1 saturated heterocycles. The fourth-order valence-corrected chi connectivity index (χ4v) is 5.12. The van der Waals surface area contributed by atoms with Gasteiger partial charge in [-0.3, -0.25) is 14.5 Å². The van der Waals surface area contributed by atoms with Crippen LogP contribution in [0.3, 0.4) is 0 Å². The summed E-state index contributed by atoms with van der Waals surface area (Å²) >= 11 is 1.28.